The topological polar surface area (TPSA) is 181 Å². The molecule has 2 aromatic heterocycles. The van der Waals surface area contributed by atoms with Crippen molar-refractivity contribution in [3.63, 3.8) is 0 Å². The molecule has 344 valence electrons. The van der Waals surface area contributed by atoms with Crippen LogP contribution in [0.15, 0.2) is 47.8 Å². The van der Waals surface area contributed by atoms with Crippen molar-refractivity contribution in [2.75, 3.05) is 19.0 Å². The first-order chi connectivity index (χ1) is 30.7. The number of fused-ring (bicyclic) bond motifs is 3. The lowest BCUT2D eigenvalue weighted by atomic mass is 10.0. The Morgan fingerprint density at radius 1 is 0.984 bits per heavy atom. The fraction of sp³-hybridized carbons (Fsp3) is 0.543. The summed E-state index contributed by atoms with van der Waals surface area (Å²) in [5, 5.41) is 10.7. The number of benzene rings is 2. The van der Waals surface area contributed by atoms with Crippen molar-refractivity contribution >= 4 is 52.6 Å². The Balaban J connectivity index is 1.13. The van der Waals surface area contributed by atoms with Crippen LogP contribution in [0.3, 0.4) is 0 Å². The number of methoxy groups -OCH3 is 1. The lowest BCUT2D eigenvalue weighted by Gasteiger charge is -2.31. The van der Waals surface area contributed by atoms with Gasteiger partial charge in [-0.15, -0.1) is 11.3 Å². The van der Waals surface area contributed by atoms with E-state index in [2.05, 4.69) is 16.0 Å². The zero-order chi connectivity index (χ0) is 45.2. The van der Waals surface area contributed by atoms with Gasteiger partial charge in [0.25, 0.3) is 0 Å². The number of alkyl carbamates (subject to hydrolysis) is 1. The maximum absolute atomic E-state index is 15.0. The lowest BCUT2D eigenvalue weighted by Crippen LogP contribution is -2.55. The lowest BCUT2D eigenvalue weighted by molar-refractivity contribution is -0.140. The Morgan fingerprint density at radius 3 is 2.44 bits per heavy atom. The fourth-order valence-corrected chi connectivity index (χ4v) is 12.9. The van der Waals surface area contributed by atoms with Gasteiger partial charge in [0.15, 0.2) is 5.13 Å². The summed E-state index contributed by atoms with van der Waals surface area (Å²) in [6, 6.07) is 8.37. The number of nitrogens with zero attached hydrogens (tertiary/aromatic N) is 3. The van der Waals surface area contributed by atoms with E-state index in [1.807, 2.05) is 25.3 Å². The summed E-state index contributed by atoms with van der Waals surface area (Å²) < 4.78 is 62.5. The average molecular weight is 923 g/mol. The third kappa shape index (κ3) is 10.0. The van der Waals surface area contributed by atoms with Gasteiger partial charge in [0, 0.05) is 40.9 Å². The van der Waals surface area contributed by atoms with Crippen molar-refractivity contribution in [3.8, 4) is 22.9 Å². The molecule has 8 rings (SSSR count). The molecule has 2 aliphatic heterocycles. The van der Waals surface area contributed by atoms with Crippen LogP contribution in [-0.4, -0.2) is 86.9 Å². The van der Waals surface area contributed by atoms with Gasteiger partial charge in [0.2, 0.25) is 19.2 Å². The van der Waals surface area contributed by atoms with E-state index in [1.54, 1.807) is 25.3 Å². The Morgan fingerprint density at radius 2 is 1.70 bits per heavy atom. The van der Waals surface area contributed by atoms with Crippen LogP contribution in [0, 0.1) is 17.6 Å². The Bertz CT molecular complexity index is 2400. The molecule has 2 saturated heterocycles. The molecule has 6 atom stereocenters. The van der Waals surface area contributed by atoms with E-state index >= 15 is 0 Å². The molecule has 1 unspecified atom stereocenters. The molecule has 14 nitrogen and oxygen atoms in total. The van der Waals surface area contributed by atoms with E-state index < -0.39 is 78.0 Å². The molecule has 4 fully saturated rings. The van der Waals surface area contributed by atoms with Gasteiger partial charge >= 0.3 is 6.09 Å². The Kier molecular flexibility index (Phi) is 13.8. The highest BCUT2D eigenvalue weighted by molar-refractivity contribution is 7.59. The van der Waals surface area contributed by atoms with Crippen LogP contribution < -0.4 is 25.4 Å². The second-order valence-corrected chi connectivity index (χ2v) is 21.3. The number of ether oxygens (including phenoxy) is 3. The number of nitrogens with one attached hydrogen (secondary N) is 3. The highest BCUT2D eigenvalue weighted by Crippen LogP contribution is 2.71. The number of carbonyl (C=O) groups excluding carboxylic acids is 3. The summed E-state index contributed by atoms with van der Waals surface area (Å²) in [4.78, 5) is 65.9. The first kappa shape index (κ1) is 45.7. The summed E-state index contributed by atoms with van der Waals surface area (Å²) in [7, 11) is -2.98. The molecule has 64 heavy (non-hydrogen) atoms. The van der Waals surface area contributed by atoms with Crippen molar-refractivity contribution < 1.29 is 46.8 Å². The molecule has 0 radical (unpaired) electrons. The van der Waals surface area contributed by atoms with Crippen LogP contribution in [-0.2, 0) is 25.1 Å². The molecule has 4 N–H and O–H groups in total. The van der Waals surface area contributed by atoms with Gasteiger partial charge in [-0.05, 0) is 89.0 Å². The Hall–Kier alpha value is -4.86. The second kappa shape index (κ2) is 19.3. The second-order valence-electron chi connectivity index (χ2n) is 17.9. The number of aromatic nitrogens is 2. The summed E-state index contributed by atoms with van der Waals surface area (Å²) in [5.41, 5.74) is 1.19. The number of pyridine rings is 1. The van der Waals surface area contributed by atoms with Crippen LogP contribution >= 0.6 is 18.7 Å². The highest BCUT2D eigenvalue weighted by atomic mass is 32.1. The minimum Gasteiger partial charge on any atom is -0.497 e. The first-order valence-corrected chi connectivity index (χ1v) is 25.2. The highest BCUT2D eigenvalue weighted by Gasteiger charge is 2.66. The van der Waals surface area contributed by atoms with Gasteiger partial charge in [-0.3, -0.25) is 14.2 Å². The zero-order valence-corrected chi connectivity index (χ0v) is 38.2. The fourth-order valence-electron chi connectivity index (χ4n) is 9.51. The summed E-state index contributed by atoms with van der Waals surface area (Å²) in [6.07, 6.45) is 5.57. The van der Waals surface area contributed by atoms with E-state index in [9.17, 15) is 32.6 Å². The summed E-state index contributed by atoms with van der Waals surface area (Å²) in [6.45, 7) is 3.98. The largest absolute Gasteiger partial charge is 0.497 e. The number of amides is 3. The third-order valence-electron chi connectivity index (χ3n) is 13.0. The van der Waals surface area contributed by atoms with Gasteiger partial charge in [-0.25, -0.2) is 23.5 Å². The monoisotopic (exact) mass is 922 g/mol. The molecule has 2 aliphatic carbocycles. The average Bonchev–Trinajstić information content (AvgIpc) is 3.67. The number of carbonyl (C=O) groups is 3. The van der Waals surface area contributed by atoms with Gasteiger partial charge < -0.3 is 40.0 Å². The van der Waals surface area contributed by atoms with Crippen molar-refractivity contribution in [3.05, 3.63) is 65.0 Å². The van der Waals surface area contributed by atoms with Crippen molar-refractivity contribution in [2.45, 2.75) is 139 Å². The minimum absolute atomic E-state index is 0.0102. The maximum atomic E-state index is 15.0. The number of thiazole rings is 1. The van der Waals surface area contributed by atoms with E-state index in [0.717, 1.165) is 62.2 Å². The molecular formula is C46H57F2N6O8PS. The van der Waals surface area contributed by atoms with Gasteiger partial charge in [0.1, 0.15) is 58.4 Å². The van der Waals surface area contributed by atoms with Gasteiger partial charge in [0.05, 0.1) is 31.0 Å². The SMILES string of the molecule is COc1ccc2c(O[C@@H]3C[C@H]4C(=O)N[C@]5(P(=O)(O)Cc6c(F)cccc6F)C[C@H]5CCCCCCC[C@H](NC(=O)OC5CCCC5)C(=O)N4C3)cc(-c3csc(NC(C)C)n3)nc2c1. The van der Waals surface area contributed by atoms with Gasteiger partial charge in [-0.1, -0.05) is 38.2 Å². The van der Waals surface area contributed by atoms with Crippen molar-refractivity contribution in [2.24, 2.45) is 5.92 Å². The predicted octanol–water partition coefficient (Wildman–Crippen LogP) is 8.90. The van der Waals surface area contributed by atoms with E-state index in [0.29, 0.717) is 59.5 Å². The molecule has 2 aromatic carbocycles. The predicted molar refractivity (Wildman–Crippen MR) is 240 cm³/mol. The van der Waals surface area contributed by atoms with Crippen molar-refractivity contribution in [1.29, 1.82) is 0 Å². The molecule has 3 amide bonds. The first-order valence-electron chi connectivity index (χ1n) is 22.5. The maximum Gasteiger partial charge on any atom is 0.408 e. The van der Waals surface area contributed by atoms with Crippen molar-refractivity contribution in [1.82, 2.24) is 25.5 Å². The van der Waals surface area contributed by atoms with E-state index in [-0.39, 0.29) is 31.5 Å². The Labute approximate surface area is 375 Å². The normalized spacial score (nSPS) is 25.4. The number of hydrogen-bond donors (Lipinski definition) is 4. The van der Waals surface area contributed by atoms with E-state index in [1.165, 1.54) is 22.3 Å². The van der Waals surface area contributed by atoms with Crippen LogP contribution in [0.25, 0.3) is 22.3 Å². The number of anilines is 1. The zero-order valence-electron chi connectivity index (χ0n) is 36.4. The summed E-state index contributed by atoms with van der Waals surface area (Å²) in [5.74, 6) is -2.52. The molecule has 18 heteroatoms. The molecule has 2 saturated carbocycles. The smallest absolute Gasteiger partial charge is 0.408 e. The number of rotatable bonds is 11. The molecule has 4 aliphatic rings. The van der Waals surface area contributed by atoms with Crippen LogP contribution in [0.1, 0.15) is 103 Å². The third-order valence-corrected chi connectivity index (χ3v) is 16.4. The molecule has 4 aromatic rings. The molecule has 0 bridgehead atoms. The van der Waals surface area contributed by atoms with Gasteiger partial charge in [-0.2, -0.15) is 0 Å². The van der Waals surface area contributed by atoms with E-state index in [4.69, 9.17) is 24.2 Å². The minimum atomic E-state index is -4.54. The summed E-state index contributed by atoms with van der Waals surface area (Å²) >= 11 is 1.44. The molecular weight excluding hydrogens is 866 g/mol. The van der Waals surface area contributed by atoms with Crippen LogP contribution in [0.2, 0.25) is 0 Å². The van der Waals surface area contributed by atoms with Crippen LogP contribution in [0.5, 0.6) is 11.5 Å². The van der Waals surface area contributed by atoms with Crippen LogP contribution in [0.4, 0.5) is 18.7 Å². The standard InChI is InChI=1S/C46H57F2N6O8PS/c1-27(2)49-44-51-39(26-64-44)38-22-41(32-19-18-30(60-3)20-37(32)50-38)61-31-21-40-42(55)53-46(63(58,59)25-33-34(47)15-11-16-35(33)48)23-28(46)12-7-5-4-6-8-17-36(43(56)54(40)24-31)52-45(57)62-29-13-9-10-14-29/h11,15-16,18-20,22,26-29,31,36,40H,4-10,12-14,17,21,23-25H2,1-3H3,(H,49,51)(H,52,57)(H,53,55)(H,58,59)/t28-,31-,36+,40+,46+/m1/s1. The number of halogens is 2. The molecule has 0 spiro atoms. The molecule has 4 heterocycles. The number of hydrogen-bond acceptors (Lipinski definition) is 11. The quantitative estimate of drug-likeness (QED) is 0.106.